The zero-order valence-corrected chi connectivity index (χ0v) is 7.81. The first kappa shape index (κ1) is 10.5. The lowest BCUT2D eigenvalue weighted by molar-refractivity contribution is -0.121. The molecule has 0 aliphatic rings. The fourth-order valence-electron chi connectivity index (χ4n) is 0.930. The van der Waals surface area contributed by atoms with Crippen molar-refractivity contribution < 1.29 is 6.22 Å². The molecule has 1 amide bonds. The van der Waals surface area contributed by atoms with Gasteiger partial charge in [-0.1, -0.05) is 19.8 Å². The van der Waals surface area contributed by atoms with Gasteiger partial charge in [-0.05, 0) is 20.3 Å². The van der Waals surface area contributed by atoms with Gasteiger partial charge in [-0.25, -0.2) is 0 Å². The Balaban J connectivity index is 0. The van der Waals surface area contributed by atoms with Crippen molar-refractivity contribution in [2.24, 2.45) is 0 Å². The van der Waals surface area contributed by atoms with E-state index in [0.29, 0.717) is 6.42 Å². The van der Waals surface area contributed by atoms with Crippen LogP contribution in [0.2, 0.25) is 0 Å². The van der Waals surface area contributed by atoms with Crippen LogP contribution >= 0.6 is 0 Å². The van der Waals surface area contributed by atoms with Crippen molar-refractivity contribution in [1.29, 1.82) is 0 Å². The zero-order valence-electron chi connectivity index (χ0n) is 7.81. The van der Waals surface area contributed by atoms with E-state index in [1.165, 1.54) is 6.42 Å². The standard InChI is InChI=1S/C9H19NO.H2/c1-4-5-6-7-9(11)10-8(2)3;/h8H,4-7H2,1-3H3,(H,10,11);1H. The van der Waals surface area contributed by atoms with E-state index in [4.69, 9.17) is 0 Å². The number of rotatable bonds is 5. The van der Waals surface area contributed by atoms with E-state index in [0.717, 1.165) is 12.8 Å². The summed E-state index contributed by atoms with van der Waals surface area (Å²) in [6.45, 7) is 6.11. The number of hydrogen-bond acceptors (Lipinski definition) is 1. The van der Waals surface area contributed by atoms with Crippen molar-refractivity contribution in [3.05, 3.63) is 0 Å². The fourth-order valence-corrected chi connectivity index (χ4v) is 0.930. The van der Waals surface area contributed by atoms with Crippen LogP contribution in [0.25, 0.3) is 0 Å². The van der Waals surface area contributed by atoms with Crippen LogP contribution in [-0.2, 0) is 4.79 Å². The van der Waals surface area contributed by atoms with Crippen LogP contribution < -0.4 is 5.32 Å². The normalized spacial score (nSPS) is 10.2. The molecule has 0 heterocycles. The number of carbonyl (C=O) groups is 1. The maximum absolute atomic E-state index is 11.0. The third-order valence-electron chi connectivity index (χ3n) is 1.46. The minimum Gasteiger partial charge on any atom is -0.354 e. The molecule has 0 spiro atoms. The summed E-state index contributed by atoms with van der Waals surface area (Å²) < 4.78 is 0. The SMILES string of the molecule is CCCCCC(=O)NC(C)C.[HH]. The molecule has 0 unspecified atom stereocenters. The van der Waals surface area contributed by atoms with E-state index in [2.05, 4.69) is 12.2 Å². The molecule has 0 aromatic heterocycles. The quantitative estimate of drug-likeness (QED) is 0.613. The van der Waals surface area contributed by atoms with Gasteiger partial charge in [0.25, 0.3) is 0 Å². The Hall–Kier alpha value is -0.530. The average molecular weight is 159 g/mol. The summed E-state index contributed by atoms with van der Waals surface area (Å²) in [6.07, 6.45) is 4.04. The van der Waals surface area contributed by atoms with E-state index in [9.17, 15) is 4.79 Å². The highest BCUT2D eigenvalue weighted by Crippen LogP contribution is 1.98. The topological polar surface area (TPSA) is 29.1 Å². The Bertz CT molecular complexity index is 115. The molecule has 0 aliphatic carbocycles. The summed E-state index contributed by atoms with van der Waals surface area (Å²) in [5.74, 6) is 0.188. The van der Waals surface area contributed by atoms with Gasteiger partial charge in [-0.3, -0.25) is 4.79 Å². The van der Waals surface area contributed by atoms with Gasteiger partial charge in [0.2, 0.25) is 5.91 Å². The van der Waals surface area contributed by atoms with Gasteiger partial charge in [0.05, 0.1) is 0 Å². The van der Waals surface area contributed by atoms with Crippen molar-refractivity contribution in [3.8, 4) is 0 Å². The van der Waals surface area contributed by atoms with Crippen LogP contribution in [0.5, 0.6) is 0 Å². The number of unbranched alkanes of at least 4 members (excludes halogenated alkanes) is 2. The van der Waals surface area contributed by atoms with Crippen molar-refractivity contribution in [2.45, 2.75) is 52.5 Å². The van der Waals surface area contributed by atoms with Gasteiger partial charge < -0.3 is 5.32 Å². The third kappa shape index (κ3) is 7.37. The van der Waals surface area contributed by atoms with Gasteiger partial charge in [0.1, 0.15) is 0 Å². The molecule has 1 N–H and O–H groups in total. The molecule has 0 fully saturated rings. The number of carbonyl (C=O) groups excluding carboxylic acids is 1. The maximum Gasteiger partial charge on any atom is 0.220 e. The lowest BCUT2D eigenvalue weighted by Gasteiger charge is -2.07. The van der Waals surface area contributed by atoms with Crippen molar-refractivity contribution in [2.75, 3.05) is 0 Å². The fraction of sp³-hybridized carbons (Fsp3) is 0.889. The number of hydrogen-bond donors (Lipinski definition) is 1. The largest absolute Gasteiger partial charge is 0.354 e. The minimum atomic E-state index is 0. The smallest absolute Gasteiger partial charge is 0.220 e. The lowest BCUT2D eigenvalue weighted by atomic mass is 10.2. The van der Waals surface area contributed by atoms with E-state index < -0.39 is 0 Å². The van der Waals surface area contributed by atoms with Crippen LogP contribution in [0, 0.1) is 0 Å². The molecule has 0 aromatic rings. The van der Waals surface area contributed by atoms with Crippen LogP contribution in [0.15, 0.2) is 0 Å². The van der Waals surface area contributed by atoms with Gasteiger partial charge >= 0.3 is 0 Å². The zero-order chi connectivity index (χ0) is 8.69. The highest BCUT2D eigenvalue weighted by molar-refractivity contribution is 5.76. The first-order valence-electron chi connectivity index (χ1n) is 4.46. The monoisotopic (exact) mass is 159 g/mol. The van der Waals surface area contributed by atoms with Crippen molar-refractivity contribution in [1.82, 2.24) is 5.32 Å². The van der Waals surface area contributed by atoms with Gasteiger partial charge in [-0.15, -0.1) is 0 Å². The molecule has 0 atom stereocenters. The summed E-state index contributed by atoms with van der Waals surface area (Å²) in [5.41, 5.74) is 0. The van der Waals surface area contributed by atoms with Crippen molar-refractivity contribution >= 4 is 5.91 Å². The van der Waals surface area contributed by atoms with Crippen LogP contribution in [0.1, 0.15) is 47.9 Å². The van der Waals surface area contributed by atoms with Crippen LogP contribution in [0.3, 0.4) is 0 Å². The molecule has 2 nitrogen and oxygen atoms in total. The maximum atomic E-state index is 11.0. The minimum absolute atomic E-state index is 0. The molecule has 0 aromatic carbocycles. The highest BCUT2D eigenvalue weighted by Gasteiger charge is 2.00. The number of amides is 1. The second-order valence-corrected chi connectivity index (χ2v) is 3.18. The summed E-state index contributed by atoms with van der Waals surface area (Å²) in [4.78, 5) is 11.0. The Morgan fingerprint density at radius 1 is 1.45 bits per heavy atom. The molecule has 0 bridgehead atoms. The van der Waals surface area contributed by atoms with E-state index in [1.54, 1.807) is 0 Å². The Labute approximate surface area is 70.9 Å². The summed E-state index contributed by atoms with van der Waals surface area (Å²) in [6, 6.07) is 0.282. The van der Waals surface area contributed by atoms with Gasteiger partial charge in [-0.2, -0.15) is 0 Å². The first-order chi connectivity index (χ1) is 5.16. The molecule has 11 heavy (non-hydrogen) atoms. The second-order valence-electron chi connectivity index (χ2n) is 3.18. The molecular formula is C9H21NO. The van der Waals surface area contributed by atoms with Crippen LogP contribution in [0.4, 0.5) is 0 Å². The van der Waals surface area contributed by atoms with Crippen LogP contribution in [-0.4, -0.2) is 11.9 Å². The Kier molecular flexibility index (Phi) is 5.90. The second kappa shape index (κ2) is 6.20. The molecule has 0 aliphatic heterocycles. The average Bonchev–Trinajstić information content (AvgIpc) is 1.86. The van der Waals surface area contributed by atoms with Crippen molar-refractivity contribution in [3.63, 3.8) is 0 Å². The molecular weight excluding hydrogens is 138 g/mol. The molecule has 0 saturated heterocycles. The summed E-state index contributed by atoms with van der Waals surface area (Å²) in [7, 11) is 0. The third-order valence-corrected chi connectivity index (χ3v) is 1.46. The van der Waals surface area contributed by atoms with E-state index >= 15 is 0 Å². The lowest BCUT2D eigenvalue weighted by Crippen LogP contribution is -2.29. The Morgan fingerprint density at radius 3 is 2.55 bits per heavy atom. The predicted octanol–water partition coefficient (Wildman–Crippen LogP) is 2.34. The van der Waals surface area contributed by atoms with Gasteiger partial charge in [0.15, 0.2) is 0 Å². The molecule has 0 radical (unpaired) electrons. The van der Waals surface area contributed by atoms with Gasteiger partial charge in [0, 0.05) is 13.9 Å². The first-order valence-corrected chi connectivity index (χ1v) is 4.46. The van der Waals surface area contributed by atoms with E-state index in [-0.39, 0.29) is 13.4 Å². The Morgan fingerprint density at radius 2 is 2.09 bits per heavy atom. The molecule has 2 heteroatoms. The van der Waals surface area contributed by atoms with E-state index in [1.807, 2.05) is 13.8 Å². The number of nitrogens with one attached hydrogen (secondary N) is 1. The predicted molar refractivity (Wildman–Crippen MR) is 49.5 cm³/mol. The molecule has 0 saturated carbocycles. The summed E-state index contributed by atoms with van der Waals surface area (Å²) >= 11 is 0. The molecule has 68 valence electrons. The molecule has 0 rings (SSSR count). The highest BCUT2D eigenvalue weighted by atomic mass is 16.1. The summed E-state index contributed by atoms with van der Waals surface area (Å²) in [5, 5.41) is 2.86.